The number of carboxylic acids is 2. The molecule has 2 N–H and O–H groups in total. The van der Waals surface area contributed by atoms with Crippen LogP contribution < -0.4 is 0 Å². The van der Waals surface area contributed by atoms with Gasteiger partial charge in [0, 0.05) is 32.5 Å². The van der Waals surface area contributed by atoms with Crippen molar-refractivity contribution in [3.05, 3.63) is 30.1 Å². The van der Waals surface area contributed by atoms with Gasteiger partial charge in [-0.3, -0.25) is 14.7 Å². The van der Waals surface area contributed by atoms with Crippen molar-refractivity contribution in [3.8, 4) is 0 Å². The number of hydrogen-bond acceptors (Lipinski definition) is 6. The van der Waals surface area contributed by atoms with Gasteiger partial charge in [0.05, 0.1) is 5.54 Å². The maximum absolute atomic E-state index is 12.5. The average Bonchev–Trinajstić information content (AvgIpc) is 3.63. The number of likely N-dealkylation sites (tertiary alicyclic amines) is 2. The number of halogens is 6. The van der Waals surface area contributed by atoms with Crippen LogP contribution in [0.1, 0.15) is 36.2 Å². The second kappa shape index (κ2) is 12.7. The van der Waals surface area contributed by atoms with E-state index in [0.29, 0.717) is 11.6 Å². The van der Waals surface area contributed by atoms with E-state index in [9.17, 15) is 31.1 Å². The van der Waals surface area contributed by atoms with Gasteiger partial charge >= 0.3 is 24.3 Å². The van der Waals surface area contributed by atoms with Gasteiger partial charge in [-0.25, -0.2) is 9.59 Å². The molecule has 214 valence electrons. The van der Waals surface area contributed by atoms with Gasteiger partial charge in [-0.1, -0.05) is 6.07 Å². The first kappa shape index (κ1) is 31.3. The predicted octanol–water partition coefficient (Wildman–Crippen LogP) is 3.31. The number of hydrogen-bond donors (Lipinski definition) is 2. The molecular formula is C23H29F6N3O6. The number of alkyl halides is 6. The number of piperidine rings is 1. The molecule has 0 radical (unpaired) electrons. The van der Waals surface area contributed by atoms with Crippen LogP contribution in [-0.2, 0) is 14.3 Å². The van der Waals surface area contributed by atoms with Gasteiger partial charge < -0.3 is 19.8 Å². The summed E-state index contributed by atoms with van der Waals surface area (Å²) in [6.45, 7) is 4.57. The number of nitrogens with zero attached hydrogens (tertiary/aromatic N) is 3. The molecule has 3 fully saturated rings. The first-order valence-electron chi connectivity index (χ1n) is 11.6. The first-order chi connectivity index (χ1) is 17.5. The highest BCUT2D eigenvalue weighted by atomic mass is 19.4. The molecular weight excluding hydrogens is 528 g/mol. The molecule has 1 amide bonds. The van der Waals surface area contributed by atoms with Gasteiger partial charge in [-0.15, -0.1) is 0 Å². The lowest BCUT2D eigenvalue weighted by Crippen LogP contribution is -2.72. The highest BCUT2D eigenvalue weighted by Crippen LogP contribution is 2.39. The zero-order chi connectivity index (χ0) is 28.7. The molecule has 3 heterocycles. The highest BCUT2D eigenvalue weighted by Gasteiger charge is 2.51. The van der Waals surface area contributed by atoms with Crippen LogP contribution in [-0.4, -0.2) is 101 Å². The molecule has 38 heavy (non-hydrogen) atoms. The van der Waals surface area contributed by atoms with Gasteiger partial charge in [0.1, 0.15) is 5.69 Å². The highest BCUT2D eigenvalue weighted by molar-refractivity contribution is 5.93. The summed E-state index contributed by atoms with van der Waals surface area (Å²) in [5, 5.41) is 14.2. The number of aromatic nitrogens is 1. The first-order valence-corrected chi connectivity index (χ1v) is 11.6. The number of likely N-dealkylation sites (N-methyl/N-ethyl adjacent to an activating group) is 1. The molecule has 1 saturated carbocycles. The smallest absolute Gasteiger partial charge is 0.475 e. The van der Waals surface area contributed by atoms with Crippen LogP contribution in [0.5, 0.6) is 0 Å². The second-order valence-electron chi connectivity index (χ2n) is 9.47. The molecule has 1 aliphatic carbocycles. The van der Waals surface area contributed by atoms with Gasteiger partial charge in [-0.05, 0) is 63.2 Å². The third-order valence-electron chi connectivity index (χ3n) is 6.38. The van der Waals surface area contributed by atoms with Crippen molar-refractivity contribution in [2.45, 2.75) is 43.6 Å². The number of aliphatic carboxylic acids is 2. The molecule has 1 unspecified atom stereocenters. The van der Waals surface area contributed by atoms with Crippen LogP contribution in [0.2, 0.25) is 0 Å². The van der Waals surface area contributed by atoms with Crippen LogP contribution in [0.4, 0.5) is 26.3 Å². The van der Waals surface area contributed by atoms with E-state index in [-0.39, 0.29) is 11.4 Å². The molecule has 3 aliphatic rings. The number of carbonyl (C=O) groups excluding carboxylic acids is 1. The maximum Gasteiger partial charge on any atom is 0.490 e. The fourth-order valence-corrected chi connectivity index (χ4v) is 4.07. The third kappa shape index (κ3) is 9.42. The van der Waals surface area contributed by atoms with E-state index in [2.05, 4.69) is 16.9 Å². The summed E-state index contributed by atoms with van der Waals surface area (Å²) in [4.78, 5) is 38.9. The summed E-state index contributed by atoms with van der Waals surface area (Å²) in [6.07, 6.45) is -3.44. The molecule has 0 aromatic carbocycles. The van der Waals surface area contributed by atoms with Crippen molar-refractivity contribution in [1.29, 1.82) is 0 Å². The SMILES string of the molecule is CN1CCC(COCC2CC2)CC12CN(C(=O)c1ccccn1)C2.O=C(O)C(F)(F)F.O=C(O)C(F)(F)F. The lowest BCUT2D eigenvalue weighted by molar-refractivity contribution is -0.193. The fourth-order valence-electron chi connectivity index (χ4n) is 4.07. The quantitative estimate of drug-likeness (QED) is 0.530. The van der Waals surface area contributed by atoms with Crippen molar-refractivity contribution in [2.24, 2.45) is 11.8 Å². The number of rotatable bonds is 5. The molecule has 15 heteroatoms. The Hall–Kier alpha value is -2.94. The van der Waals surface area contributed by atoms with E-state index in [1.165, 1.54) is 19.3 Å². The summed E-state index contributed by atoms with van der Waals surface area (Å²) < 4.78 is 69.4. The summed E-state index contributed by atoms with van der Waals surface area (Å²) in [5.74, 6) is -3.99. The number of carbonyl (C=O) groups is 3. The van der Waals surface area contributed by atoms with Crippen LogP contribution in [0.25, 0.3) is 0 Å². The fraction of sp³-hybridized carbons (Fsp3) is 0.652. The van der Waals surface area contributed by atoms with Crippen molar-refractivity contribution < 1.29 is 55.7 Å². The molecule has 1 aromatic rings. The summed E-state index contributed by atoms with van der Waals surface area (Å²) in [5.41, 5.74) is 0.700. The monoisotopic (exact) mass is 557 g/mol. The number of pyridine rings is 1. The Morgan fingerprint density at radius 3 is 1.95 bits per heavy atom. The molecule has 2 aliphatic heterocycles. The van der Waals surface area contributed by atoms with Gasteiger partial charge in [0.25, 0.3) is 5.91 Å². The Morgan fingerprint density at radius 2 is 1.50 bits per heavy atom. The van der Waals surface area contributed by atoms with E-state index in [4.69, 9.17) is 24.5 Å². The van der Waals surface area contributed by atoms with Crippen LogP contribution in [0.3, 0.4) is 0 Å². The minimum absolute atomic E-state index is 0.0572. The predicted molar refractivity (Wildman–Crippen MR) is 119 cm³/mol. The number of amides is 1. The van der Waals surface area contributed by atoms with Crippen LogP contribution in [0, 0.1) is 11.8 Å². The van der Waals surface area contributed by atoms with E-state index in [0.717, 1.165) is 45.2 Å². The molecule has 2 saturated heterocycles. The zero-order valence-corrected chi connectivity index (χ0v) is 20.5. The van der Waals surface area contributed by atoms with E-state index < -0.39 is 24.3 Å². The average molecular weight is 557 g/mol. The zero-order valence-electron chi connectivity index (χ0n) is 20.5. The Kier molecular flexibility index (Phi) is 10.5. The third-order valence-corrected chi connectivity index (χ3v) is 6.38. The maximum atomic E-state index is 12.5. The van der Waals surface area contributed by atoms with Crippen LogP contribution >= 0.6 is 0 Å². The normalized spacial score (nSPS) is 20.8. The summed E-state index contributed by atoms with van der Waals surface area (Å²) in [6, 6.07) is 5.51. The molecule has 1 atom stereocenters. The molecule has 9 nitrogen and oxygen atoms in total. The molecule has 0 bridgehead atoms. The van der Waals surface area contributed by atoms with Gasteiger partial charge in [0.15, 0.2) is 0 Å². The molecule has 1 aromatic heterocycles. The second-order valence-corrected chi connectivity index (χ2v) is 9.47. The number of carboxylic acid groups (broad SMARTS) is 2. The lowest BCUT2D eigenvalue weighted by atomic mass is 9.75. The molecule has 4 rings (SSSR count). The number of ether oxygens (including phenoxy) is 1. The van der Waals surface area contributed by atoms with Crippen molar-refractivity contribution in [3.63, 3.8) is 0 Å². The summed E-state index contributed by atoms with van der Waals surface area (Å²) in [7, 11) is 2.20. The Labute approximate surface area is 214 Å². The van der Waals surface area contributed by atoms with Crippen molar-refractivity contribution >= 4 is 17.8 Å². The summed E-state index contributed by atoms with van der Waals surface area (Å²) >= 11 is 0. The topological polar surface area (TPSA) is 120 Å². The largest absolute Gasteiger partial charge is 0.490 e. The van der Waals surface area contributed by atoms with Crippen LogP contribution in [0.15, 0.2) is 24.4 Å². The van der Waals surface area contributed by atoms with E-state index in [1.807, 2.05) is 17.0 Å². The van der Waals surface area contributed by atoms with Gasteiger partial charge in [0.2, 0.25) is 0 Å². The van der Waals surface area contributed by atoms with E-state index >= 15 is 0 Å². The standard InChI is InChI=1S/C19H27N3O2.2C2HF3O2/c1-21-9-7-16(12-24-11-15-5-6-15)10-19(21)13-22(14-19)18(23)17-4-2-3-8-20-17;2*3-2(4,5)1(6)7/h2-4,8,15-16H,5-7,9-14H2,1H3;2*(H,6,7). The minimum atomic E-state index is -5.08. The van der Waals surface area contributed by atoms with Crippen molar-refractivity contribution in [1.82, 2.24) is 14.8 Å². The molecule has 1 spiro atoms. The van der Waals surface area contributed by atoms with Crippen molar-refractivity contribution in [2.75, 3.05) is 39.9 Å². The Balaban J connectivity index is 0.000000301. The Morgan fingerprint density at radius 1 is 0.974 bits per heavy atom. The van der Waals surface area contributed by atoms with E-state index in [1.54, 1.807) is 12.3 Å². The van der Waals surface area contributed by atoms with Gasteiger partial charge in [-0.2, -0.15) is 26.3 Å². The minimum Gasteiger partial charge on any atom is -0.475 e. The lowest BCUT2D eigenvalue weighted by Gasteiger charge is -2.58. The Bertz CT molecular complexity index is 925.